The highest BCUT2D eigenvalue weighted by molar-refractivity contribution is 6.13. The van der Waals surface area contributed by atoms with Crippen LogP contribution in [-0.4, -0.2) is 45.6 Å². The van der Waals surface area contributed by atoms with E-state index in [9.17, 15) is 13.6 Å². The number of hydrogen-bond donors (Lipinski definition) is 2. The van der Waals surface area contributed by atoms with Crippen LogP contribution in [0.4, 0.5) is 14.6 Å². The van der Waals surface area contributed by atoms with Gasteiger partial charge in [0.25, 0.3) is 6.43 Å². The van der Waals surface area contributed by atoms with Gasteiger partial charge in [0.2, 0.25) is 5.91 Å². The van der Waals surface area contributed by atoms with E-state index >= 15 is 0 Å². The van der Waals surface area contributed by atoms with E-state index < -0.39 is 6.43 Å². The molecule has 180 valence electrons. The van der Waals surface area contributed by atoms with Crippen LogP contribution in [0.5, 0.6) is 11.5 Å². The molecule has 9 heteroatoms. The lowest BCUT2D eigenvalue weighted by Crippen LogP contribution is -2.38. The fourth-order valence-electron chi connectivity index (χ4n) is 4.02. The summed E-state index contributed by atoms with van der Waals surface area (Å²) >= 11 is 0. The van der Waals surface area contributed by atoms with Crippen LogP contribution in [0.15, 0.2) is 73.7 Å². The van der Waals surface area contributed by atoms with Crippen LogP contribution in [0.1, 0.15) is 36.0 Å². The number of carbonyl (C=O) groups excluding carboxylic acids is 1. The molecule has 1 aliphatic rings. The summed E-state index contributed by atoms with van der Waals surface area (Å²) in [7, 11) is 0. The summed E-state index contributed by atoms with van der Waals surface area (Å²) in [5.74, 6) is 1.19. The number of hydrogen-bond acceptors (Lipinski definition) is 6. The number of benzene rings is 2. The van der Waals surface area contributed by atoms with Crippen molar-refractivity contribution in [2.24, 2.45) is 0 Å². The van der Waals surface area contributed by atoms with Gasteiger partial charge < -0.3 is 15.0 Å². The van der Waals surface area contributed by atoms with Crippen LogP contribution in [0.2, 0.25) is 0 Å². The molecule has 2 N–H and O–H groups in total. The molecular weight excluding hydrogens is 452 g/mol. The van der Waals surface area contributed by atoms with Crippen molar-refractivity contribution in [3.8, 4) is 11.5 Å². The quantitative estimate of drug-likeness (QED) is 0.326. The number of anilines is 1. The third kappa shape index (κ3) is 5.68. The Morgan fingerprint density at radius 2 is 2.06 bits per heavy atom. The first-order valence-corrected chi connectivity index (χ1v) is 11.2. The first kappa shape index (κ1) is 24.0. The Morgan fingerprint density at radius 3 is 2.80 bits per heavy atom. The van der Waals surface area contributed by atoms with Crippen molar-refractivity contribution in [1.29, 1.82) is 5.41 Å². The second-order valence-electron chi connectivity index (χ2n) is 8.07. The number of alkyl halides is 2. The summed E-state index contributed by atoms with van der Waals surface area (Å²) in [6.45, 7) is 4.77. The zero-order chi connectivity index (χ0) is 24.8. The second-order valence-corrected chi connectivity index (χ2v) is 8.07. The molecule has 1 fully saturated rings. The molecule has 1 amide bonds. The lowest BCUT2D eigenvalue weighted by molar-refractivity contribution is -0.126. The maximum Gasteiger partial charge on any atom is 0.263 e. The first-order valence-electron chi connectivity index (χ1n) is 11.2. The minimum Gasteiger partial charge on any atom is -0.457 e. The lowest BCUT2D eigenvalue weighted by Gasteiger charge is -2.24. The Morgan fingerprint density at radius 1 is 1.26 bits per heavy atom. The number of amides is 1. The zero-order valence-corrected chi connectivity index (χ0v) is 19.0. The SMILES string of the molecule is C=CC(=O)N1CCC[C@H]1CNc1ncncc1C(=N)c1ccc(Oc2cccc(C(F)F)c2)cc1. The third-order valence-corrected chi connectivity index (χ3v) is 5.81. The molecule has 0 saturated carbocycles. The summed E-state index contributed by atoms with van der Waals surface area (Å²) < 4.78 is 31.5. The van der Waals surface area contributed by atoms with E-state index in [1.54, 1.807) is 41.4 Å². The van der Waals surface area contributed by atoms with Crippen molar-refractivity contribution in [1.82, 2.24) is 14.9 Å². The highest BCUT2D eigenvalue weighted by Gasteiger charge is 2.27. The Kier molecular flexibility index (Phi) is 7.45. The standard InChI is InChI=1S/C26H25F2N5O2/c1-2-23(34)33-12-4-6-19(33)14-31-26-22(15-30-16-32-26)24(29)17-8-10-20(11-9-17)35-21-7-3-5-18(13-21)25(27)28/h2-3,5,7-11,13,15-16,19,25,29H,1,4,6,12,14H2,(H,30,31,32)/t19-/m0/s1. The largest absolute Gasteiger partial charge is 0.457 e. The fourth-order valence-corrected chi connectivity index (χ4v) is 4.02. The Balaban J connectivity index is 1.45. The molecule has 1 aliphatic heterocycles. The van der Waals surface area contributed by atoms with Crippen LogP contribution in [-0.2, 0) is 4.79 Å². The summed E-state index contributed by atoms with van der Waals surface area (Å²) in [4.78, 5) is 22.2. The summed E-state index contributed by atoms with van der Waals surface area (Å²) in [6, 6.07) is 12.6. The number of likely N-dealkylation sites (tertiary alicyclic amines) is 1. The number of aromatic nitrogens is 2. The predicted octanol–water partition coefficient (Wildman–Crippen LogP) is 5.21. The van der Waals surface area contributed by atoms with Crippen molar-refractivity contribution in [2.75, 3.05) is 18.4 Å². The summed E-state index contributed by atoms with van der Waals surface area (Å²) in [5.41, 5.74) is 1.23. The maximum atomic E-state index is 12.9. The minimum absolute atomic E-state index is 0.0255. The molecule has 3 aromatic rings. The molecule has 1 atom stereocenters. The van der Waals surface area contributed by atoms with E-state index in [-0.39, 0.29) is 23.2 Å². The number of carbonyl (C=O) groups is 1. The first-order chi connectivity index (χ1) is 17.0. The maximum absolute atomic E-state index is 12.9. The van der Waals surface area contributed by atoms with E-state index in [0.717, 1.165) is 12.8 Å². The van der Waals surface area contributed by atoms with Crippen molar-refractivity contribution in [3.05, 3.63) is 90.4 Å². The smallest absolute Gasteiger partial charge is 0.263 e. The fraction of sp³-hybridized carbons (Fsp3) is 0.231. The molecule has 0 aliphatic carbocycles. The normalized spacial score (nSPS) is 15.2. The molecule has 7 nitrogen and oxygen atoms in total. The van der Waals surface area contributed by atoms with Gasteiger partial charge in [-0.2, -0.15) is 0 Å². The predicted molar refractivity (Wildman–Crippen MR) is 129 cm³/mol. The van der Waals surface area contributed by atoms with Crippen LogP contribution in [0, 0.1) is 5.41 Å². The van der Waals surface area contributed by atoms with Crippen LogP contribution in [0.3, 0.4) is 0 Å². The Labute approximate surface area is 202 Å². The van der Waals surface area contributed by atoms with E-state index in [1.807, 2.05) is 0 Å². The Hall–Kier alpha value is -4.14. The van der Waals surface area contributed by atoms with E-state index in [1.165, 1.54) is 30.6 Å². The van der Waals surface area contributed by atoms with Crippen molar-refractivity contribution >= 4 is 17.4 Å². The average Bonchev–Trinajstić information content (AvgIpc) is 3.36. The van der Waals surface area contributed by atoms with Gasteiger partial charge in [0, 0.05) is 36.5 Å². The second kappa shape index (κ2) is 10.9. The number of nitrogens with one attached hydrogen (secondary N) is 2. The highest BCUT2D eigenvalue weighted by Crippen LogP contribution is 2.27. The molecule has 0 spiro atoms. The van der Waals surface area contributed by atoms with Gasteiger partial charge in [-0.3, -0.25) is 10.2 Å². The molecule has 1 saturated heterocycles. The van der Waals surface area contributed by atoms with Crippen molar-refractivity contribution in [3.63, 3.8) is 0 Å². The number of halogens is 2. The van der Waals surface area contributed by atoms with Gasteiger partial charge in [-0.25, -0.2) is 18.7 Å². The topological polar surface area (TPSA) is 91.2 Å². The minimum atomic E-state index is -2.57. The molecule has 1 aromatic heterocycles. The van der Waals surface area contributed by atoms with Gasteiger partial charge in [-0.05, 0) is 55.3 Å². The zero-order valence-electron chi connectivity index (χ0n) is 19.0. The number of rotatable bonds is 9. The van der Waals surface area contributed by atoms with Crippen LogP contribution >= 0.6 is 0 Å². The van der Waals surface area contributed by atoms with Gasteiger partial charge in [0.05, 0.1) is 11.3 Å². The van der Waals surface area contributed by atoms with Crippen molar-refractivity contribution in [2.45, 2.75) is 25.3 Å². The van der Waals surface area contributed by atoms with E-state index in [0.29, 0.717) is 41.5 Å². The molecule has 2 heterocycles. The van der Waals surface area contributed by atoms with Crippen LogP contribution in [0.25, 0.3) is 0 Å². The van der Waals surface area contributed by atoms with Gasteiger partial charge in [0.15, 0.2) is 0 Å². The monoisotopic (exact) mass is 477 g/mol. The van der Waals surface area contributed by atoms with Crippen LogP contribution < -0.4 is 10.1 Å². The summed E-state index contributed by atoms with van der Waals surface area (Å²) in [5, 5.41) is 11.9. The lowest BCUT2D eigenvalue weighted by atomic mass is 10.0. The third-order valence-electron chi connectivity index (χ3n) is 5.81. The molecule has 4 rings (SSSR count). The van der Waals surface area contributed by atoms with Gasteiger partial charge in [-0.15, -0.1) is 0 Å². The van der Waals surface area contributed by atoms with Gasteiger partial charge >= 0.3 is 0 Å². The van der Waals surface area contributed by atoms with E-state index in [2.05, 4.69) is 21.9 Å². The molecule has 0 radical (unpaired) electrons. The number of nitrogens with zero attached hydrogens (tertiary/aromatic N) is 3. The Bertz CT molecular complexity index is 1220. The van der Waals surface area contributed by atoms with Gasteiger partial charge in [-0.1, -0.05) is 18.7 Å². The molecule has 0 unspecified atom stereocenters. The highest BCUT2D eigenvalue weighted by atomic mass is 19.3. The number of ether oxygens (including phenoxy) is 1. The molecule has 0 bridgehead atoms. The van der Waals surface area contributed by atoms with Crippen molar-refractivity contribution < 1.29 is 18.3 Å². The van der Waals surface area contributed by atoms with Gasteiger partial charge in [0.1, 0.15) is 23.6 Å². The average molecular weight is 478 g/mol. The van der Waals surface area contributed by atoms with E-state index in [4.69, 9.17) is 10.1 Å². The molecular formula is C26H25F2N5O2. The molecule has 35 heavy (non-hydrogen) atoms. The summed E-state index contributed by atoms with van der Waals surface area (Å²) in [6.07, 6.45) is 3.54. The molecule has 2 aromatic carbocycles.